The Kier molecular flexibility index (Phi) is 5.03. The molecule has 1 N–H and O–H groups in total. The number of hydrogen-bond acceptors (Lipinski definition) is 5. The molecule has 29 heavy (non-hydrogen) atoms. The van der Waals surface area contributed by atoms with Crippen molar-refractivity contribution in [3.63, 3.8) is 0 Å². The van der Waals surface area contributed by atoms with Gasteiger partial charge in [-0.2, -0.15) is 0 Å². The topological polar surface area (TPSA) is 64.1 Å². The van der Waals surface area contributed by atoms with Gasteiger partial charge in [-0.15, -0.1) is 11.3 Å². The number of carbonyl (C=O) groups is 1. The van der Waals surface area contributed by atoms with Crippen LogP contribution in [0.5, 0.6) is 5.75 Å². The lowest BCUT2D eigenvalue weighted by Crippen LogP contribution is -2.14. The fraction of sp³-hybridized carbons (Fsp3) is 0.174. The fourth-order valence-electron chi connectivity index (χ4n) is 3.26. The predicted octanol–water partition coefficient (Wildman–Crippen LogP) is 5.54. The van der Waals surface area contributed by atoms with Crippen LogP contribution in [0.25, 0.3) is 22.2 Å². The van der Waals surface area contributed by atoms with Gasteiger partial charge in [-0.1, -0.05) is 23.3 Å². The molecule has 5 nitrogen and oxygen atoms in total. The van der Waals surface area contributed by atoms with E-state index in [1.807, 2.05) is 68.6 Å². The monoisotopic (exact) mass is 403 g/mol. The molecule has 0 radical (unpaired) electrons. The lowest BCUT2D eigenvalue weighted by molar-refractivity contribution is 0.102. The maximum atomic E-state index is 12.9. The van der Waals surface area contributed by atoms with Crippen molar-refractivity contribution < 1.29 is 9.53 Å². The van der Waals surface area contributed by atoms with Gasteiger partial charge in [0.25, 0.3) is 5.91 Å². The van der Waals surface area contributed by atoms with Crippen LogP contribution in [0, 0.1) is 20.8 Å². The van der Waals surface area contributed by atoms with Crippen molar-refractivity contribution in [2.24, 2.45) is 0 Å². The molecule has 0 atom stereocenters. The molecule has 0 saturated carbocycles. The van der Waals surface area contributed by atoms with E-state index in [-0.39, 0.29) is 5.91 Å². The number of fused-ring (bicyclic) bond motifs is 1. The van der Waals surface area contributed by atoms with E-state index in [1.165, 1.54) is 11.3 Å². The van der Waals surface area contributed by atoms with E-state index in [0.29, 0.717) is 16.4 Å². The summed E-state index contributed by atoms with van der Waals surface area (Å²) >= 11 is 1.39. The molecule has 6 heteroatoms. The molecule has 0 aliphatic carbocycles. The minimum absolute atomic E-state index is 0.212. The number of thiazole rings is 1. The number of carbonyl (C=O) groups excluding carboxylic acids is 1. The summed E-state index contributed by atoms with van der Waals surface area (Å²) in [5.41, 5.74) is 6.05. The number of ether oxygens (including phenoxy) is 1. The third kappa shape index (κ3) is 3.84. The Morgan fingerprint density at radius 3 is 2.55 bits per heavy atom. The number of rotatable bonds is 4. The van der Waals surface area contributed by atoms with Crippen molar-refractivity contribution in [1.29, 1.82) is 0 Å². The van der Waals surface area contributed by atoms with Crippen LogP contribution in [0.2, 0.25) is 0 Å². The highest BCUT2D eigenvalue weighted by Gasteiger charge is 2.15. The van der Waals surface area contributed by atoms with Gasteiger partial charge in [0.2, 0.25) is 0 Å². The molecule has 1 amide bonds. The third-order valence-electron chi connectivity index (χ3n) is 4.76. The Morgan fingerprint density at radius 2 is 1.76 bits per heavy atom. The Balaban J connectivity index is 1.63. The molecular weight excluding hydrogens is 382 g/mol. The molecule has 0 unspecified atom stereocenters. The number of nitrogens with one attached hydrogen (secondary N) is 1. The highest BCUT2D eigenvalue weighted by atomic mass is 32.1. The van der Waals surface area contributed by atoms with Crippen molar-refractivity contribution in [2.75, 3.05) is 12.4 Å². The molecule has 2 aromatic heterocycles. The summed E-state index contributed by atoms with van der Waals surface area (Å²) in [6, 6.07) is 13.9. The Bertz CT molecular complexity index is 1230. The van der Waals surface area contributed by atoms with E-state index in [9.17, 15) is 4.79 Å². The van der Waals surface area contributed by atoms with Gasteiger partial charge in [0.1, 0.15) is 5.75 Å². The summed E-state index contributed by atoms with van der Waals surface area (Å²) in [7, 11) is 1.64. The molecule has 0 aliphatic rings. The van der Waals surface area contributed by atoms with Gasteiger partial charge < -0.3 is 4.74 Å². The Hall–Kier alpha value is -3.25. The number of aryl methyl sites for hydroxylation is 3. The number of pyridine rings is 1. The summed E-state index contributed by atoms with van der Waals surface area (Å²) in [4.78, 5) is 22.0. The number of nitrogens with zero attached hydrogens (tertiary/aromatic N) is 2. The summed E-state index contributed by atoms with van der Waals surface area (Å²) in [5.74, 6) is 0.541. The van der Waals surface area contributed by atoms with Gasteiger partial charge in [-0.3, -0.25) is 15.1 Å². The fourth-order valence-corrected chi connectivity index (χ4v) is 3.97. The first kappa shape index (κ1) is 19.1. The van der Waals surface area contributed by atoms with Crippen LogP contribution in [-0.2, 0) is 0 Å². The molecule has 0 aliphatic heterocycles. The van der Waals surface area contributed by atoms with Gasteiger partial charge >= 0.3 is 0 Å². The van der Waals surface area contributed by atoms with Crippen molar-refractivity contribution >= 4 is 33.3 Å². The number of benzene rings is 2. The van der Waals surface area contributed by atoms with E-state index >= 15 is 0 Å². The highest BCUT2D eigenvalue weighted by Crippen LogP contribution is 2.33. The van der Waals surface area contributed by atoms with Gasteiger partial charge in [-0.25, -0.2) is 4.98 Å². The van der Waals surface area contributed by atoms with Crippen LogP contribution in [-0.4, -0.2) is 23.0 Å². The zero-order valence-electron chi connectivity index (χ0n) is 16.7. The van der Waals surface area contributed by atoms with Crippen LogP contribution in [0.4, 0.5) is 5.13 Å². The van der Waals surface area contributed by atoms with Gasteiger partial charge in [-0.05, 0) is 51.1 Å². The maximum Gasteiger partial charge on any atom is 0.259 e. The first-order valence-electron chi connectivity index (χ1n) is 9.24. The second kappa shape index (κ2) is 7.64. The van der Waals surface area contributed by atoms with Crippen LogP contribution < -0.4 is 10.1 Å². The SMILES string of the molecule is COc1ccc(C)cc1-c1csc(NC(=O)c2cc3cc(C)ccc3nc2C)n1. The number of aromatic nitrogens is 2. The van der Waals surface area contributed by atoms with Crippen LogP contribution in [0.1, 0.15) is 27.2 Å². The maximum absolute atomic E-state index is 12.9. The molecule has 0 spiro atoms. The molecule has 2 heterocycles. The zero-order chi connectivity index (χ0) is 20.5. The Labute approximate surface area is 173 Å². The molecule has 0 fully saturated rings. The summed E-state index contributed by atoms with van der Waals surface area (Å²) in [5, 5.41) is 6.31. The van der Waals surface area contributed by atoms with E-state index in [2.05, 4.69) is 15.3 Å². The Morgan fingerprint density at radius 1 is 1.00 bits per heavy atom. The van der Waals surface area contributed by atoms with Gasteiger partial charge in [0.15, 0.2) is 5.13 Å². The van der Waals surface area contributed by atoms with Gasteiger partial charge in [0.05, 0.1) is 29.6 Å². The molecule has 146 valence electrons. The minimum atomic E-state index is -0.212. The van der Waals surface area contributed by atoms with Crippen LogP contribution in [0.15, 0.2) is 47.8 Å². The number of anilines is 1. The smallest absolute Gasteiger partial charge is 0.259 e. The summed E-state index contributed by atoms with van der Waals surface area (Å²) in [6.07, 6.45) is 0. The first-order chi connectivity index (χ1) is 13.9. The predicted molar refractivity (Wildman–Crippen MR) is 118 cm³/mol. The summed E-state index contributed by atoms with van der Waals surface area (Å²) < 4.78 is 5.45. The number of hydrogen-bond donors (Lipinski definition) is 1. The van der Waals surface area contributed by atoms with Crippen LogP contribution >= 0.6 is 11.3 Å². The minimum Gasteiger partial charge on any atom is -0.496 e. The molecule has 4 rings (SSSR count). The first-order valence-corrected chi connectivity index (χ1v) is 10.1. The standard InChI is InChI=1S/C23H21N3O2S/c1-13-5-7-19-16(9-13)11-17(15(3)24-19)22(27)26-23-25-20(12-29-23)18-10-14(2)6-8-21(18)28-4/h5-12H,1-4H3,(H,25,26,27). The lowest BCUT2D eigenvalue weighted by Gasteiger charge is -2.08. The average Bonchev–Trinajstić information content (AvgIpc) is 3.16. The van der Waals surface area contributed by atoms with Crippen molar-refractivity contribution in [1.82, 2.24) is 9.97 Å². The normalized spacial score (nSPS) is 10.9. The summed E-state index contributed by atoms with van der Waals surface area (Å²) in [6.45, 7) is 5.89. The van der Waals surface area contributed by atoms with Gasteiger partial charge in [0, 0.05) is 16.3 Å². The number of methoxy groups -OCH3 is 1. The third-order valence-corrected chi connectivity index (χ3v) is 5.52. The average molecular weight is 404 g/mol. The van der Waals surface area contributed by atoms with E-state index < -0.39 is 0 Å². The van der Waals surface area contributed by atoms with E-state index in [1.54, 1.807) is 7.11 Å². The molecule has 0 bridgehead atoms. The molecule has 4 aromatic rings. The van der Waals surface area contributed by atoms with E-state index in [0.717, 1.165) is 39.0 Å². The molecule has 2 aromatic carbocycles. The van der Waals surface area contributed by atoms with Crippen molar-refractivity contribution in [2.45, 2.75) is 20.8 Å². The molecule has 0 saturated heterocycles. The van der Waals surface area contributed by atoms with Crippen molar-refractivity contribution in [3.05, 3.63) is 70.2 Å². The zero-order valence-corrected chi connectivity index (χ0v) is 17.6. The van der Waals surface area contributed by atoms with E-state index in [4.69, 9.17) is 4.74 Å². The van der Waals surface area contributed by atoms with Crippen LogP contribution in [0.3, 0.4) is 0 Å². The number of amides is 1. The second-order valence-electron chi connectivity index (χ2n) is 7.01. The van der Waals surface area contributed by atoms with Crippen molar-refractivity contribution in [3.8, 4) is 17.0 Å². The molecular formula is C23H21N3O2S. The second-order valence-corrected chi connectivity index (χ2v) is 7.87. The largest absolute Gasteiger partial charge is 0.496 e. The highest BCUT2D eigenvalue weighted by molar-refractivity contribution is 7.14. The quantitative estimate of drug-likeness (QED) is 0.486. The lowest BCUT2D eigenvalue weighted by atomic mass is 10.1.